The molecule has 1 saturated carbocycles. The maximum Gasteiger partial charge on any atom is 0.230 e. The first-order chi connectivity index (χ1) is 12.6. The third-order valence-electron chi connectivity index (χ3n) is 5.07. The summed E-state index contributed by atoms with van der Waals surface area (Å²) in [5.74, 6) is 0.937. The molecule has 1 aliphatic rings. The van der Waals surface area contributed by atoms with Crippen LogP contribution in [0.25, 0.3) is 0 Å². The van der Waals surface area contributed by atoms with E-state index >= 15 is 0 Å². The van der Waals surface area contributed by atoms with Gasteiger partial charge in [-0.25, -0.2) is 4.39 Å². The molecule has 0 aliphatic heterocycles. The Balaban J connectivity index is 1.57. The molecule has 26 heavy (non-hydrogen) atoms. The molecule has 1 aliphatic carbocycles. The SMILES string of the molecule is COc1ccc(C2(CNC(=O)CSc3ccc(F)cc3)CCCC2)cc1. The molecule has 0 bridgehead atoms. The van der Waals surface area contributed by atoms with Gasteiger partial charge >= 0.3 is 0 Å². The Hall–Kier alpha value is -2.01. The van der Waals surface area contributed by atoms with Crippen LogP contribution in [0, 0.1) is 5.82 Å². The second kappa shape index (κ2) is 8.58. The number of hydrogen-bond donors (Lipinski definition) is 1. The van der Waals surface area contributed by atoms with Gasteiger partial charge in [0.1, 0.15) is 11.6 Å². The second-order valence-corrected chi connectivity index (χ2v) is 7.78. The Morgan fingerprint density at radius 3 is 2.38 bits per heavy atom. The molecule has 1 N–H and O–H groups in total. The zero-order valence-electron chi connectivity index (χ0n) is 15.0. The lowest BCUT2D eigenvalue weighted by Crippen LogP contribution is -2.39. The lowest BCUT2D eigenvalue weighted by molar-refractivity contribution is -0.118. The Morgan fingerprint density at radius 1 is 1.12 bits per heavy atom. The van der Waals surface area contributed by atoms with E-state index in [1.165, 1.54) is 42.3 Å². The van der Waals surface area contributed by atoms with E-state index in [0.717, 1.165) is 23.5 Å². The monoisotopic (exact) mass is 373 g/mol. The highest BCUT2D eigenvalue weighted by atomic mass is 32.2. The van der Waals surface area contributed by atoms with Crippen molar-refractivity contribution in [2.75, 3.05) is 19.4 Å². The second-order valence-electron chi connectivity index (χ2n) is 6.74. The molecule has 0 unspecified atom stereocenters. The molecule has 0 heterocycles. The van der Waals surface area contributed by atoms with Crippen LogP contribution in [0.2, 0.25) is 0 Å². The van der Waals surface area contributed by atoms with Gasteiger partial charge in [-0.15, -0.1) is 11.8 Å². The highest BCUT2D eigenvalue weighted by Gasteiger charge is 2.35. The predicted octanol–water partition coefficient (Wildman–Crippen LogP) is 4.55. The fourth-order valence-corrected chi connectivity index (χ4v) is 4.29. The van der Waals surface area contributed by atoms with Gasteiger partial charge in [0.15, 0.2) is 0 Å². The number of hydrogen-bond acceptors (Lipinski definition) is 3. The molecule has 1 amide bonds. The van der Waals surface area contributed by atoms with Crippen LogP contribution < -0.4 is 10.1 Å². The summed E-state index contributed by atoms with van der Waals surface area (Å²) >= 11 is 1.42. The van der Waals surface area contributed by atoms with Crippen LogP contribution >= 0.6 is 11.8 Å². The Labute approximate surface area is 158 Å². The van der Waals surface area contributed by atoms with Gasteiger partial charge in [-0.2, -0.15) is 0 Å². The molecule has 2 aromatic rings. The first-order valence-electron chi connectivity index (χ1n) is 8.91. The summed E-state index contributed by atoms with van der Waals surface area (Å²) in [7, 11) is 1.67. The van der Waals surface area contributed by atoms with Crippen molar-refractivity contribution in [1.82, 2.24) is 5.32 Å². The summed E-state index contributed by atoms with van der Waals surface area (Å²) in [6.45, 7) is 0.655. The fourth-order valence-electron chi connectivity index (χ4n) is 3.56. The van der Waals surface area contributed by atoms with Gasteiger partial charge in [-0.1, -0.05) is 25.0 Å². The summed E-state index contributed by atoms with van der Waals surface area (Å²) in [5, 5.41) is 3.11. The number of thioether (sulfide) groups is 1. The summed E-state index contributed by atoms with van der Waals surface area (Å²) in [5.41, 5.74) is 1.28. The summed E-state index contributed by atoms with van der Waals surface area (Å²) in [6, 6.07) is 14.4. The molecule has 3 nitrogen and oxygen atoms in total. The van der Waals surface area contributed by atoms with Crippen LogP contribution in [0.15, 0.2) is 53.4 Å². The molecular weight excluding hydrogens is 349 g/mol. The van der Waals surface area contributed by atoms with E-state index in [1.54, 1.807) is 19.2 Å². The van der Waals surface area contributed by atoms with E-state index in [2.05, 4.69) is 17.4 Å². The van der Waals surface area contributed by atoms with Crippen LogP contribution in [0.4, 0.5) is 4.39 Å². The van der Waals surface area contributed by atoms with Crippen molar-refractivity contribution in [3.05, 3.63) is 59.9 Å². The smallest absolute Gasteiger partial charge is 0.230 e. The number of benzene rings is 2. The maximum absolute atomic E-state index is 12.9. The number of methoxy groups -OCH3 is 1. The van der Waals surface area contributed by atoms with Crippen molar-refractivity contribution in [2.45, 2.75) is 36.0 Å². The first kappa shape index (κ1) is 18.8. The molecule has 0 spiro atoms. The zero-order valence-corrected chi connectivity index (χ0v) is 15.8. The van der Waals surface area contributed by atoms with Crippen LogP contribution in [-0.4, -0.2) is 25.3 Å². The van der Waals surface area contributed by atoms with E-state index in [4.69, 9.17) is 4.74 Å². The molecule has 0 saturated heterocycles. The number of carbonyl (C=O) groups is 1. The molecular formula is C21H24FNO2S. The molecule has 2 aromatic carbocycles. The van der Waals surface area contributed by atoms with Gasteiger partial charge in [0.2, 0.25) is 5.91 Å². The lowest BCUT2D eigenvalue weighted by atomic mass is 9.79. The largest absolute Gasteiger partial charge is 0.497 e. The van der Waals surface area contributed by atoms with Crippen molar-refractivity contribution in [3.63, 3.8) is 0 Å². The fraction of sp³-hybridized carbons (Fsp3) is 0.381. The average Bonchev–Trinajstić information content (AvgIpc) is 3.16. The number of rotatable bonds is 7. The quantitative estimate of drug-likeness (QED) is 0.724. The van der Waals surface area contributed by atoms with Crippen LogP contribution in [0.5, 0.6) is 5.75 Å². The minimum atomic E-state index is -0.263. The number of nitrogens with one attached hydrogen (secondary N) is 1. The average molecular weight is 373 g/mol. The summed E-state index contributed by atoms with van der Waals surface area (Å²) in [6.07, 6.45) is 4.55. The number of carbonyl (C=O) groups excluding carboxylic acids is 1. The van der Waals surface area contributed by atoms with Crippen molar-refractivity contribution < 1.29 is 13.9 Å². The van der Waals surface area contributed by atoms with E-state index in [0.29, 0.717) is 12.3 Å². The third-order valence-corrected chi connectivity index (χ3v) is 6.08. The first-order valence-corrected chi connectivity index (χ1v) is 9.89. The Kier molecular flexibility index (Phi) is 6.20. The van der Waals surface area contributed by atoms with Gasteiger partial charge in [-0.3, -0.25) is 4.79 Å². The van der Waals surface area contributed by atoms with E-state index in [1.807, 2.05) is 12.1 Å². The molecule has 1 fully saturated rings. The van der Waals surface area contributed by atoms with E-state index in [9.17, 15) is 9.18 Å². The summed E-state index contributed by atoms with van der Waals surface area (Å²) < 4.78 is 18.2. The van der Waals surface area contributed by atoms with Crippen LogP contribution in [0.3, 0.4) is 0 Å². The van der Waals surface area contributed by atoms with E-state index < -0.39 is 0 Å². The standard InChI is InChI=1S/C21H24FNO2S/c1-25-18-8-4-16(5-9-18)21(12-2-3-13-21)15-23-20(24)14-26-19-10-6-17(22)7-11-19/h4-11H,2-3,12-15H2,1H3,(H,23,24). The van der Waals surface area contributed by atoms with Gasteiger partial charge < -0.3 is 10.1 Å². The van der Waals surface area contributed by atoms with Crippen molar-refractivity contribution in [3.8, 4) is 5.75 Å². The topological polar surface area (TPSA) is 38.3 Å². The predicted molar refractivity (Wildman–Crippen MR) is 103 cm³/mol. The Bertz CT molecular complexity index is 725. The molecule has 0 aromatic heterocycles. The minimum absolute atomic E-state index is 0.0131. The molecule has 138 valence electrons. The van der Waals surface area contributed by atoms with Crippen molar-refractivity contribution in [2.24, 2.45) is 0 Å². The highest BCUT2D eigenvalue weighted by Crippen LogP contribution is 2.41. The number of ether oxygens (including phenoxy) is 1. The molecule has 0 radical (unpaired) electrons. The maximum atomic E-state index is 12.9. The van der Waals surface area contributed by atoms with Crippen LogP contribution in [0.1, 0.15) is 31.2 Å². The normalized spacial score (nSPS) is 15.6. The third kappa shape index (κ3) is 4.58. The van der Waals surface area contributed by atoms with Gasteiger partial charge in [0.25, 0.3) is 0 Å². The molecule has 5 heteroatoms. The van der Waals surface area contributed by atoms with Gasteiger partial charge in [0.05, 0.1) is 12.9 Å². The van der Waals surface area contributed by atoms with Crippen molar-refractivity contribution in [1.29, 1.82) is 0 Å². The molecule has 0 atom stereocenters. The number of halogens is 1. The van der Waals surface area contributed by atoms with E-state index in [-0.39, 0.29) is 17.1 Å². The minimum Gasteiger partial charge on any atom is -0.497 e. The number of amides is 1. The lowest BCUT2D eigenvalue weighted by Gasteiger charge is -2.30. The molecule has 3 rings (SSSR count). The van der Waals surface area contributed by atoms with Gasteiger partial charge in [0, 0.05) is 16.9 Å². The van der Waals surface area contributed by atoms with Gasteiger partial charge in [-0.05, 0) is 54.8 Å². The zero-order chi connectivity index (χ0) is 18.4. The summed E-state index contributed by atoms with van der Waals surface area (Å²) in [4.78, 5) is 13.2. The Morgan fingerprint density at radius 2 is 1.77 bits per heavy atom. The van der Waals surface area contributed by atoms with Crippen LogP contribution in [-0.2, 0) is 10.2 Å². The highest BCUT2D eigenvalue weighted by molar-refractivity contribution is 8.00. The van der Waals surface area contributed by atoms with Crippen molar-refractivity contribution >= 4 is 17.7 Å².